The summed E-state index contributed by atoms with van der Waals surface area (Å²) in [5.41, 5.74) is 1.19. The van der Waals surface area contributed by atoms with Crippen molar-refractivity contribution in [2.24, 2.45) is 0 Å². The van der Waals surface area contributed by atoms with Crippen LogP contribution < -0.4 is 10.2 Å². The number of likely N-dealkylation sites (N-methyl/N-ethyl adjacent to an activating group) is 1. The van der Waals surface area contributed by atoms with Crippen LogP contribution in [0, 0.1) is 15.9 Å². The van der Waals surface area contributed by atoms with Gasteiger partial charge in [0.2, 0.25) is 0 Å². The third-order valence-electron chi connectivity index (χ3n) is 5.22. The Morgan fingerprint density at radius 2 is 1.83 bits per heavy atom. The molecule has 0 radical (unpaired) electrons. The first-order valence-electron chi connectivity index (χ1n) is 9.67. The minimum absolute atomic E-state index is 0.252. The van der Waals surface area contributed by atoms with Crippen LogP contribution in [-0.4, -0.2) is 57.2 Å². The van der Waals surface area contributed by atoms with Crippen LogP contribution in [-0.2, 0) is 16.4 Å². The van der Waals surface area contributed by atoms with Gasteiger partial charge in [0.1, 0.15) is 10.7 Å². The summed E-state index contributed by atoms with van der Waals surface area (Å²) >= 11 is 0. The number of hydrogen-bond donors (Lipinski definition) is 1. The van der Waals surface area contributed by atoms with Gasteiger partial charge in [0.05, 0.1) is 10.6 Å². The second kappa shape index (κ2) is 8.97. The number of benzene rings is 2. The summed E-state index contributed by atoms with van der Waals surface area (Å²) in [6.07, 6.45) is 0.924. The number of sulfone groups is 1. The van der Waals surface area contributed by atoms with E-state index in [9.17, 15) is 22.9 Å². The minimum atomic E-state index is -3.77. The molecule has 30 heavy (non-hydrogen) atoms. The van der Waals surface area contributed by atoms with Crippen molar-refractivity contribution in [2.75, 3.05) is 49.2 Å². The molecule has 3 rings (SSSR count). The molecule has 2 aromatic rings. The van der Waals surface area contributed by atoms with Crippen LogP contribution in [0.2, 0.25) is 0 Å². The first kappa shape index (κ1) is 22.0. The molecule has 1 aliphatic heterocycles. The van der Waals surface area contributed by atoms with Crippen LogP contribution in [0.25, 0.3) is 0 Å². The maximum Gasteiger partial charge on any atom is 0.288 e. The van der Waals surface area contributed by atoms with Crippen molar-refractivity contribution in [3.63, 3.8) is 0 Å². The molecule has 0 bridgehead atoms. The summed E-state index contributed by atoms with van der Waals surface area (Å²) in [6.45, 7) is 6.72. The molecule has 1 fully saturated rings. The number of nitrogens with zero attached hydrogens (tertiary/aromatic N) is 3. The lowest BCUT2D eigenvalue weighted by Gasteiger charge is -2.35. The standard InChI is InChI=1S/C20H25FN4O4S/c1-3-23-8-10-24(11-9-23)18-6-4-15(12-17(18)21)14-22-16-5-7-19(25(26)27)20(13-16)30(2,28)29/h4-7,12-13,22H,3,8-11,14H2,1-2H3. The van der Waals surface area contributed by atoms with E-state index >= 15 is 0 Å². The number of rotatable bonds is 7. The average molecular weight is 437 g/mol. The van der Waals surface area contributed by atoms with Crippen molar-refractivity contribution in [2.45, 2.75) is 18.4 Å². The Kier molecular flexibility index (Phi) is 6.57. The van der Waals surface area contributed by atoms with Gasteiger partial charge in [-0.15, -0.1) is 0 Å². The molecule has 2 aromatic carbocycles. The fraction of sp³-hybridized carbons (Fsp3) is 0.400. The minimum Gasteiger partial charge on any atom is -0.381 e. The molecule has 0 aliphatic carbocycles. The van der Waals surface area contributed by atoms with Crippen molar-refractivity contribution in [3.8, 4) is 0 Å². The third-order valence-corrected chi connectivity index (χ3v) is 6.35. The normalized spacial score (nSPS) is 15.2. The highest BCUT2D eigenvalue weighted by Gasteiger charge is 2.22. The van der Waals surface area contributed by atoms with Crippen LogP contribution >= 0.6 is 0 Å². The lowest BCUT2D eigenvalue weighted by atomic mass is 10.1. The van der Waals surface area contributed by atoms with Gasteiger partial charge in [0, 0.05) is 50.7 Å². The lowest BCUT2D eigenvalue weighted by Crippen LogP contribution is -2.46. The maximum absolute atomic E-state index is 14.7. The second-order valence-corrected chi connectivity index (χ2v) is 9.26. The van der Waals surface area contributed by atoms with Gasteiger partial charge in [-0.2, -0.15) is 0 Å². The Hall–Kier alpha value is -2.72. The average Bonchev–Trinajstić information content (AvgIpc) is 2.71. The highest BCUT2D eigenvalue weighted by atomic mass is 32.2. The Bertz CT molecular complexity index is 1040. The molecule has 0 atom stereocenters. The molecule has 162 valence electrons. The quantitative estimate of drug-likeness (QED) is 0.527. The van der Waals surface area contributed by atoms with Crippen LogP contribution in [0.4, 0.5) is 21.5 Å². The predicted molar refractivity (Wildman–Crippen MR) is 114 cm³/mol. The summed E-state index contributed by atoms with van der Waals surface area (Å²) in [5.74, 6) is -0.306. The summed E-state index contributed by atoms with van der Waals surface area (Å²) in [6, 6.07) is 8.85. The Morgan fingerprint density at radius 1 is 1.13 bits per heavy atom. The number of halogens is 1. The monoisotopic (exact) mass is 436 g/mol. The predicted octanol–water partition coefficient (Wildman–Crippen LogP) is 2.89. The van der Waals surface area contributed by atoms with Crippen molar-refractivity contribution in [1.29, 1.82) is 0 Å². The van der Waals surface area contributed by atoms with E-state index < -0.39 is 20.4 Å². The number of nitrogens with one attached hydrogen (secondary N) is 1. The van der Waals surface area contributed by atoms with E-state index in [1.54, 1.807) is 6.07 Å². The maximum atomic E-state index is 14.7. The first-order valence-corrected chi connectivity index (χ1v) is 11.6. The molecular weight excluding hydrogens is 411 g/mol. The van der Waals surface area contributed by atoms with E-state index in [0.29, 0.717) is 16.9 Å². The van der Waals surface area contributed by atoms with Crippen LogP contribution in [0.1, 0.15) is 12.5 Å². The Labute approximate surface area is 175 Å². The Balaban J connectivity index is 1.71. The molecule has 1 heterocycles. The molecular formula is C20H25FN4O4S. The summed E-state index contributed by atoms with van der Waals surface area (Å²) in [7, 11) is -3.77. The fourth-order valence-electron chi connectivity index (χ4n) is 3.50. The van der Waals surface area contributed by atoms with Crippen molar-refractivity contribution in [1.82, 2.24) is 4.90 Å². The number of piperazine rings is 1. The fourth-order valence-corrected chi connectivity index (χ4v) is 4.36. The zero-order valence-electron chi connectivity index (χ0n) is 17.0. The summed E-state index contributed by atoms with van der Waals surface area (Å²) in [4.78, 5) is 14.3. The van der Waals surface area contributed by atoms with E-state index in [0.717, 1.165) is 45.0 Å². The lowest BCUT2D eigenvalue weighted by molar-refractivity contribution is -0.387. The molecule has 0 spiro atoms. The summed E-state index contributed by atoms with van der Waals surface area (Å²) in [5, 5.41) is 14.1. The molecule has 0 saturated carbocycles. The van der Waals surface area contributed by atoms with Gasteiger partial charge in [-0.1, -0.05) is 13.0 Å². The largest absolute Gasteiger partial charge is 0.381 e. The van der Waals surface area contributed by atoms with Crippen molar-refractivity contribution >= 4 is 26.9 Å². The van der Waals surface area contributed by atoms with Gasteiger partial charge in [-0.25, -0.2) is 12.8 Å². The van der Waals surface area contributed by atoms with Gasteiger partial charge in [-0.3, -0.25) is 10.1 Å². The number of anilines is 2. The molecule has 8 nitrogen and oxygen atoms in total. The van der Waals surface area contributed by atoms with Crippen LogP contribution in [0.3, 0.4) is 0 Å². The molecule has 1 N–H and O–H groups in total. The third kappa shape index (κ3) is 5.06. The van der Waals surface area contributed by atoms with E-state index in [-0.39, 0.29) is 17.3 Å². The van der Waals surface area contributed by atoms with Crippen molar-refractivity contribution < 1.29 is 17.7 Å². The van der Waals surface area contributed by atoms with Gasteiger partial charge >= 0.3 is 0 Å². The Morgan fingerprint density at radius 3 is 2.40 bits per heavy atom. The number of nitro benzene ring substituents is 1. The van der Waals surface area contributed by atoms with Gasteiger partial charge in [0.25, 0.3) is 5.69 Å². The zero-order chi connectivity index (χ0) is 21.9. The highest BCUT2D eigenvalue weighted by Crippen LogP contribution is 2.28. The SMILES string of the molecule is CCN1CCN(c2ccc(CNc3ccc([N+](=O)[O-])c(S(C)(=O)=O)c3)cc2F)CC1. The molecule has 1 saturated heterocycles. The zero-order valence-corrected chi connectivity index (χ0v) is 17.8. The highest BCUT2D eigenvalue weighted by molar-refractivity contribution is 7.90. The van der Waals surface area contributed by atoms with E-state index in [1.165, 1.54) is 18.2 Å². The van der Waals surface area contributed by atoms with E-state index in [4.69, 9.17) is 0 Å². The second-order valence-electron chi connectivity index (χ2n) is 7.27. The van der Waals surface area contributed by atoms with E-state index in [2.05, 4.69) is 17.1 Å². The molecule has 10 heteroatoms. The number of nitro groups is 1. The van der Waals surface area contributed by atoms with E-state index in [1.807, 2.05) is 11.0 Å². The molecule has 1 aliphatic rings. The number of hydrogen-bond acceptors (Lipinski definition) is 7. The molecule has 0 amide bonds. The van der Waals surface area contributed by atoms with Crippen LogP contribution in [0.5, 0.6) is 0 Å². The van der Waals surface area contributed by atoms with Gasteiger partial charge in [-0.05, 0) is 36.4 Å². The summed E-state index contributed by atoms with van der Waals surface area (Å²) < 4.78 is 38.4. The topological polar surface area (TPSA) is 95.8 Å². The first-order chi connectivity index (χ1) is 14.2. The molecule has 0 aromatic heterocycles. The van der Waals surface area contributed by atoms with Gasteiger partial charge in [0.15, 0.2) is 9.84 Å². The smallest absolute Gasteiger partial charge is 0.288 e. The van der Waals surface area contributed by atoms with Gasteiger partial charge < -0.3 is 15.1 Å². The van der Waals surface area contributed by atoms with Crippen molar-refractivity contribution in [3.05, 3.63) is 57.9 Å². The molecule has 0 unspecified atom stereocenters. The van der Waals surface area contributed by atoms with Crippen LogP contribution in [0.15, 0.2) is 41.3 Å².